The number of amides is 1. The summed E-state index contributed by atoms with van der Waals surface area (Å²) < 4.78 is 0. The maximum absolute atomic E-state index is 11.6. The number of anilines is 2. The predicted molar refractivity (Wildman–Crippen MR) is 218 cm³/mol. The van der Waals surface area contributed by atoms with Crippen molar-refractivity contribution in [1.82, 2.24) is 9.97 Å². The van der Waals surface area contributed by atoms with Gasteiger partial charge in [-0.25, -0.2) is 9.97 Å². The van der Waals surface area contributed by atoms with Gasteiger partial charge in [-0.3, -0.25) is 20.3 Å². The molecule has 1 amide bonds. The molecule has 0 aliphatic rings. The molecule has 0 aliphatic heterocycles. The number of aliphatic hydroxyl groups excluding tert-OH is 1. The Hall–Kier alpha value is -5.47. The number of aromatic nitrogens is 2. The Morgan fingerprint density at radius 1 is 0.925 bits per heavy atom. The highest BCUT2D eigenvalue weighted by molar-refractivity contribution is 7.14. The first kappa shape index (κ1) is 40.3. The van der Waals surface area contributed by atoms with Gasteiger partial charge in [-0.05, 0) is 30.5 Å². The third-order valence-electron chi connectivity index (χ3n) is 7.83. The van der Waals surface area contributed by atoms with E-state index in [1.807, 2.05) is 96.5 Å². The van der Waals surface area contributed by atoms with Crippen LogP contribution in [0.15, 0.2) is 119 Å². The van der Waals surface area contributed by atoms with Gasteiger partial charge >= 0.3 is 0 Å². The first-order valence-electron chi connectivity index (χ1n) is 16.2. The Kier molecular flexibility index (Phi) is 15.2. The highest BCUT2D eigenvalue weighted by Gasteiger charge is 2.18. The number of benzene rings is 4. The van der Waals surface area contributed by atoms with Gasteiger partial charge in [-0.1, -0.05) is 110 Å². The first-order chi connectivity index (χ1) is 25.2. The van der Waals surface area contributed by atoms with Gasteiger partial charge < -0.3 is 16.2 Å². The van der Waals surface area contributed by atoms with Crippen molar-refractivity contribution < 1.29 is 14.8 Å². The molecule has 11 nitrogen and oxygen atoms in total. The molecule has 0 fully saturated rings. The van der Waals surface area contributed by atoms with Crippen LogP contribution in [0.3, 0.4) is 0 Å². The Morgan fingerprint density at radius 2 is 1.55 bits per heavy atom. The van der Waals surface area contributed by atoms with Gasteiger partial charge in [0.1, 0.15) is 5.71 Å². The fraction of sp³-hybridized carbons (Fsp3) is 0.179. The van der Waals surface area contributed by atoms with Gasteiger partial charge in [0.05, 0.1) is 16.3 Å². The maximum atomic E-state index is 11.6. The lowest BCUT2D eigenvalue weighted by atomic mass is 9.99. The molecule has 6 rings (SSSR count). The van der Waals surface area contributed by atoms with E-state index in [1.165, 1.54) is 28.7 Å². The summed E-state index contributed by atoms with van der Waals surface area (Å²) >= 11 is 9.08. The first-order valence-corrected chi connectivity index (χ1v) is 18.3. The molecule has 0 bridgehead atoms. The Labute approximate surface area is 321 Å². The number of rotatable bonds is 14. The van der Waals surface area contributed by atoms with Crippen molar-refractivity contribution in [3.05, 3.63) is 146 Å². The second-order valence-electron chi connectivity index (χ2n) is 11.6. The normalized spacial score (nSPS) is 11.4. The number of thiazole rings is 2. The second-order valence-corrected chi connectivity index (χ2v) is 13.7. The fourth-order valence-electron chi connectivity index (χ4n) is 5.00. The summed E-state index contributed by atoms with van der Waals surface area (Å²) in [6.07, 6.45) is 0.784. The van der Waals surface area contributed by atoms with E-state index < -0.39 is 10.8 Å². The van der Waals surface area contributed by atoms with Crippen LogP contribution in [-0.4, -0.2) is 44.8 Å². The number of nitrogens with zero attached hydrogens (tertiary/aromatic N) is 4. The number of hydrogen-bond donors (Lipinski definition) is 4. The number of aryl methyl sites for hydroxylation is 1. The van der Waals surface area contributed by atoms with Crippen molar-refractivity contribution in [2.24, 2.45) is 16.8 Å². The molecule has 0 saturated heterocycles. The number of carbonyl (C=O) groups excluding carboxylic acids is 1. The lowest BCUT2D eigenvalue weighted by molar-refractivity contribution is -0.385. The number of nitrogens with two attached hydrogens (primary N) is 1. The number of primary amides is 1. The van der Waals surface area contributed by atoms with Crippen molar-refractivity contribution in [3.63, 3.8) is 0 Å². The average Bonchev–Trinajstić information content (AvgIpc) is 3.84. The molecule has 53 heavy (non-hydrogen) atoms. The molecule has 4 aromatic carbocycles. The minimum Gasteiger partial charge on any atom is -0.396 e. The molecule has 0 radical (unpaired) electrons. The van der Waals surface area contributed by atoms with Gasteiger partial charge in [0.15, 0.2) is 5.13 Å². The number of nitrogens with one attached hydrogen (secondary N) is 2. The fourth-order valence-corrected chi connectivity index (χ4v) is 6.57. The molecule has 0 saturated carbocycles. The van der Waals surface area contributed by atoms with E-state index in [0.717, 1.165) is 38.8 Å². The zero-order valence-electron chi connectivity index (χ0n) is 28.1. The summed E-state index contributed by atoms with van der Waals surface area (Å²) in [4.78, 5) is 31.4. The van der Waals surface area contributed by atoms with Gasteiger partial charge in [0.25, 0.3) is 11.6 Å². The number of halogens is 1. The Balaban J connectivity index is 0.000000235. The lowest BCUT2D eigenvalue weighted by Gasteiger charge is -2.14. The minimum atomic E-state index is -0.550. The van der Waals surface area contributed by atoms with Crippen LogP contribution >= 0.6 is 34.3 Å². The molecule has 14 heteroatoms. The van der Waals surface area contributed by atoms with Crippen LogP contribution in [-0.2, 0) is 17.6 Å². The molecule has 1 atom stereocenters. The van der Waals surface area contributed by atoms with E-state index in [4.69, 9.17) is 17.3 Å². The minimum absolute atomic E-state index is 0. The second kappa shape index (κ2) is 20.0. The highest BCUT2D eigenvalue weighted by Crippen LogP contribution is 2.29. The third-order valence-corrected chi connectivity index (χ3v) is 9.78. The molecule has 6 aromatic rings. The smallest absolute Gasteiger partial charge is 0.272 e. The van der Waals surface area contributed by atoms with Crippen LogP contribution in [0.5, 0.6) is 0 Å². The van der Waals surface area contributed by atoms with E-state index in [9.17, 15) is 20.0 Å². The molecule has 0 spiro atoms. The van der Waals surface area contributed by atoms with Crippen molar-refractivity contribution >= 4 is 61.8 Å². The number of hydrazone groups is 1. The summed E-state index contributed by atoms with van der Waals surface area (Å²) in [7, 11) is 0. The number of carbonyl (C=O) groups is 1. The quantitative estimate of drug-likeness (QED) is 0.0484. The van der Waals surface area contributed by atoms with Crippen LogP contribution in [0.25, 0.3) is 22.5 Å². The lowest BCUT2D eigenvalue weighted by Crippen LogP contribution is -2.26. The van der Waals surface area contributed by atoms with Gasteiger partial charge in [-0.15, -0.1) is 22.7 Å². The number of hydrogen-bond acceptors (Lipinski definition) is 11. The number of para-hydroxylation sites is 1. The molecule has 1 unspecified atom stereocenters. The summed E-state index contributed by atoms with van der Waals surface area (Å²) in [6.45, 7) is 2.33. The molecule has 2 heterocycles. The standard InChI is InChI=1S/C20H20ClN3O3S.C18H16N4OS.CH4/c1-13-6-7-15(9-17(13)21)18-12-28-20(23-18)22-10-14(11-25)8-16-4-2-3-5-19(16)24(26)27;19-17(23)15(11-13-7-3-1-4-8-13)21-22-18-20-16(12-24-18)14-9-5-2-6-10-14;/h2-7,9,12,14,25H,8,10-11H2,1H3,(H,22,23);1-10,12H,11H2,(H2,19,23)(H,20,22);1H4/b;21-15+;. The summed E-state index contributed by atoms with van der Waals surface area (Å²) in [5.41, 5.74) is 14.9. The predicted octanol–water partition coefficient (Wildman–Crippen LogP) is 8.89. The van der Waals surface area contributed by atoms with E-state index >= 15 is 0 Å². The van der Waals surface area contributed by atoms with E-state index in [-0.39, 0.29) is 31.4 Å². The molecular weight excluding hydrogens is 730 g/mol. The third kappa shape index (κ3) is 11.8. The zero-order chi connectivity index (χ0) is 36.9. The highest BCUT2D eigenvalue weighted by atomic mass is 35.5. The zero-order valence-corrected chi connectivity index (χ0v) is 30.5. The topological polar surface area (TPSA) is 169 Å². The van der Waals surface area contributed by atoms with Crippen LogP contribution in [0.4, 0.5) is 16.0 Å². The van der Waals surface area contributed by atoms with E-state index in [1.54, 1.807) is 18.2 Å². The van der Waals surface area contributed by atoms with Crippen molar-refractivity contribution in [3.8, 4) is 22.5 Å². The number of aliphatic hydroxyl groups is 1. The largest absolute Gasteiger partial charge is 0.396 e. The summed E-state index contributed by atoms with van der Waals surface area (Å²) in [6, 6.07) is 31.9. The van der Waals surface area contributed by atoms with Crippen LogP contribution in [0.2, 0.25) is 5.02 Å². The molecule has 5 N–H and O–H groups in total. The Bertz CT molecular complexity index is 2120. The number of nitro benzene ring substituents is 1. The van der Waals surface area contributed by atoms with Gasteiger partial charge in [0, 0.05) is 64.0 Å². The molecule has 2 aromatic heterocycles. The average molecular weight is 770 g/mol. The van der Waals surface area contributed by atoms with Gasteiger partial charge in [-0.2, -0.15) is 5.10 Å². The van der Waals surface area contributed by atoms with Crippen LogP contribution in [0, 0.1) is 23.0 Å². The van der Waals surface area contributed by atoms with Gasteiger partial charge in [0.2, 0.25) is 5.13 Å². The number of nitro groups is 1. The molecule has 274 valence electrons. The summed E-state index contributed by atoms with van der Waals surface area (Å²) in [5.74, 6) is -0.714. The van der Waals surface area contributed by atoms with Crippen LogP contribution in [0.1, 0.15) is 24.1 Å². The SMILES string of the molecule is C.Cc1ccc(-c2csc(NCC(CO)Cc3ccccc3[N+](=O)[O-])n2)cc1Cl.NC(=O)/C(Cc1ccccc1)=N/Nc1nc(-c2ccccc2)cs1. The van der Waals surface area contributed by atoms with Crippen molar-refractivity contribution in [2.75, 3.05) is 23.9 Å². The Morgan fingerprint density at radius 3 is 2.21 bits per heavy atom. The van der Waals surface area contributed by atoms with Crippen molar-refractivity contribution in [1.29, 1.82) is 0 Å². The van der Waals surface area contributed by atoms with Crippen molar-refractivity contribution in [2.45, 2.75) is 27.2 Å². The maximum Gasteiger partial charge on any atom is 0.272 e. The monoisotopic (exact) mass is 769 g/mol. The molecular formula is C39H40ClN7O4S2. The van der Waals surface area contributed by atoms with E-state index in [0.29, 0.717) is 35.1 Å². The summed E-state index contributed by atoms with van der Waals surface area (Å²) in [5, 5.41) is 34.1. The van der Waals surface area contributed by atoms with Crippen LogP contribution < -0.4 is 16.5 Å². The molecule has 0 aliphatic carbocycles. The van der Waals surface area contributed by atoms with E-state index in [2.05, 4.69) is 25.8 Å².